The SMILES string of the molecule is COCCN(CC1CCCN1)C(=O)CCC(F)(F)F. The molecule has 19 heavy (non-hydrogen) atoms. The number of carbonyl (C=O) groups excluding carboxylic acids is 1. The van der Waals surface area contributed by atoms with E-state index in [-0.39, 0.29) is 6.04 Å². The summed E-state index contributed by atoms with van der Waals surface area (Å²) < 4.78 is 41.3. The molecule has 1 saturated heterocycles. The number of hydrogen-bond acceptors (Lipinski definition) is 3. The van der Waals surface area contributed by atoms with E-state index in [0.717, 1.165) is 19.4 Å². The molecule has 0 radical (unpaired) electrons. The minimum absolute atomic E-state index is 0.187. The van der Waals surface area contributed by atoms with Crippen molar-refractivity contribution in [1.29, 1.82) is 0 Å². The second kappa shape index (κ2) is 7.69. The number of alkyl halides is 3. The maximum atomic E-state index is 12.1. The monoisotopic (exact) mass is 282 g/mol. The predicted octanol–water partition coefficient (Wildman–Crippen LogP) is 1.56. The van der Waals surface area contributed by atoms with Gasteiger partial charge in [0.25, 0.3) is 0 Å². The Labute approximate surface area is 111 Å². The summed E-state index contributed by atoms with van der Waals surface area (Å²) in [5.74, 6) is -0.455. The van der Waals surface area contributed by atoms with Gasteiger partial charge in [0.2, 0.25) is 5.91 Å². The largest absolute Gasteiger partial charge is 0.389 e. The smallest absolute Gasteiger partial charge is 0.383 e. The molecule has 1 atom stereocenters. The van der Waals surface area contributed by atoms with Crippen molar-refractivity contribution in [2.75, 3.05) is 33.4 Å². The summed E-state index contributed by atoms with van der Waals surface area (Å²) in [5, 5.41) is 3.23. The molecule has 1 rings (SSSR count). The van der Waals surface area contributed by atoms with E-state index >= 15 is 0 Å². The molecule has 0 saturated carbocycles. The van der Waals surface area contributed by atoms with E-state index in [1.54, 1.807) is 0 Å². The van der Waals surface area contributed by atoms with Gasteiger partial charge in [-0.2, -0.15) is 13.2 Å². The molecule has 0 aliphatic carbocycles. The molecule has 0 bridgehead atoms. The van der Waals surface area contributed by atoms with Crippen LogP contribution in [-0.2, 0) is 9.53 Å². The van der Waals surface area contributed by atoms with Crippen LogP contribution in [0.15, 0.2) is 0 Å². The van der Waals surface area contributed by atoms with Crippen molar-refractivity contribution < 1.29 is 22.7 Å². The Balaban J connectivity index is 2.43. The number of nitrogens with one attached hydrogen (secondary N) is 1. The molecule has 1 aliphatic heterocycles. The lowest BCUT2D eigenvalue weighted by molar-refractivity contribution is -0.149. The van der Waals surface area contributed by atoms with E-state index in [9.17, 15) is 18.0 Å². The standard InChI is InChI=1S/C12H21F3N2O2/c1-19-8-7-17(9-10-3-2-6-16-10)11(18)4-5-12(13,14)15/h10,16H,2-9H2,1H3. The zero-order valence-electron chi connectivity index (χ0n) is 11.1. The Morgan fingerprint density at radius 2 is 2.21 bits per heavy atom. The minimum atomic E-state index is -4.28. The van der Waals surface area contributed by atoms with Crippen LogP contribution in [0.3, 0.4) is 0 Å². The van der Waals surface area contributed by atoms with E-state index in [4.69, 9.17) is 4.74 Å². The lowest BCUT2D eigenvalue weighted by atomic mass is 10.2. The van der Waals surface area contributed by atoms with Crippen LogP contribution >= 0.6 is 0 Å². The quantitative estimate of drug-likeness (QED) is 0.770. The van der Waals surface area contributed by atoms with Crippen molar-refractivity contribution in [2.45, 2.75) is 37.9 Å². The fourth-order valence-electron chi connectivity index (χ4n) is 2.10. The van der Waals surface area contributed by atoms with Gasteiger partial charge in [-0.3, -0.25) is 4.79 Å². The summed E-state index contributed by atoms with van der Waals surface area (Å²) in [6.07, 6.45) is -3.84. The second-order valence-corrected chi connectivity index (χ2v) is 4.74. The normalized spacial score (nSPS) is 19.7. The van der Waals surface area contributed by atoms with Crippen molar-refractivity contribution in [1.82, 2.24) is 10.2 Å². The third-order valence-corrected chi connectivity index (χ3v) is 3.14. The van der Waals surface area contributed by atoms with E-state index in [2.05, 4.69) is 5.32 Å². The van der Waals surface area contributed by atoms with Crippen molar-refractivity contribution in [3.63, 3.8) is 0 Å². The molecule has 0 aromatic heterocycles. The summed E-state index contributed by atoms with van der Waals surface area (Å²) in [4.78, 5) is 13.3. The highest BCUT2D eigenvalue weighted by molar-refractivity contribution is 5.76. The molecule has 1 fully saturated rings. The molecule has 0 aromatic rings. The molecule has 1 unspecified atom stereocenters. The molecule has 112 valence electrons. The highest BCUT2D eigenvalue weighted by atomic mass is 19.4. The Morgan fingerprint density at radius 3 is 2.74 bits per heavy atom. The Hall–Kier alpha value is -0.820. The molecule has 1 amide bonds. The first-order chi connectivity index (χ1) is 8.92. The maximum absolute atomic E-state index is 12.1. The third-order valence-electron chi connectivity index (χ3n) is 3.14. The summed E-state index contributed by atoms with van der Waals surface area (Å²) in [5.41, 5.74) is 0. The van der Waals surface area contributed by atoms with E-state index < -0.39 is 24.9 Å². The molecule has 1 N–H and O–H groups in total. The van der Waals surface area contributed by atoms with Gasteiger partial charge in [0.1, 0.15) is 0 Å². The van der Waals surface area contributed by atoms with Gasteiger partial charge in [-0.1, -0.05) is 0 Å². The van der Waals surface area contributed by atoms with E-state index in [0.29, 0.717) is 19.7 Å². The third kappa shape index (κ3) is 6.77. The lowest BCUT2D eigenvalue weighted by Gasteiger charge is -2.26. The van der Waals surface area contributed by atoms with Crippen LogP contribution in [0.5, 0.6) is 0 Å². The molecule has 7 heteroatoms. The Bertz CT molecular complexity index is 279. The fraction of sp³-hybridized carbons (Fsp3) is 0.917. The molecular formula is C12H21F3N2O2. The van der Waals surface area contributed by atoms with Crippen LogP contribution in [-0.4, -0.2) is 56.4 Å². The predicted molar refractivity (Wildman–Crippen MR) is 64.8 cm³/mol. The van der Waals surface area contributed by atoms with Crippen molar-refractivity contribution >= 4 is 5.91 Å². The van der Waals surface area contributed by atoms with Gasteiger partial charge in [0.15, 0.2) is 0 Å². The minimum Gasteiger partial charge on any atom is -0.383 e. The fourth-order valence-corrected chi connectivity index (χ4v) is 2.10. The topological polar surface area (TPSA) is 41.6 Å². The van der Waals surface area contributed by atoms with Gasteiger partial charge in [0, 0.05) is 32.7 Å². The zero-order chi connectivity index (χ0) is 14.3. The van der Waals surface area contributed by atoms with Gasteiger partial charge in [-0.25, -0.2) is 0 Å². The molecular weight excluding hydrogens is 261 g/mol. The van der Waals surface area contributed by atoms with Gasteiger partial charge in [-0.05, 0) is 19.4 Å². The van der Waals surface area contributed by atoms with Gasteiger partial charge < -0.3 is 15.0 Å². The summed E-state index contributed by atoms with van der Waals surface area (Å²) >= 11 is 0. The number of halogens is 3. The first-order valence-corrected chi connectivity index (χ1v) is 6.49. The average Bonchev–Trinajstić information content (AvgIpc) is 2.83. The maximum Gasteiger partial charge on any atom is 0.389 e. The number of methoxy groups -OCH3 is 1. The lowest BCUT2D eigenvalue weighted by Crippen LogP contribution is -2.42. The van der Waals surface area contributed by atoms with Gasteiger partial charge in [-0.15, -0.1) is 0 Å². The summed E-state index contributed by atoms with van der Waals surface area (Å²) in [7, 11) is 1.51. The van der Waals surface area contributed by atoms with Crippen LogP contribution < -0.4 is 5.32 Å². The highest BCUT2D eigenvalue weighted by Gasteiger charge is 2.30. The van der Waals surface area contributed by atoms with E-state index in [1.165, 1.54) is 12.0 Å². The zero-order valence-corrected chi connectivity index (χ0v) is 11.1. The van der Waals surface area contributed by atoms with E-state index in [1.807, 2.05) is 0 Å². The number of amides is 1. The van der Waals surface area contributed by atoms with Crippen LogP contribution in [0.2, 0.25) is 0 Å². The Kier molecular flexibility index (Phi) is 6.57. The number of hydrogen-bond donors (Lipinski definition) is 1. The number of ether oxygens (including phenoxy) is 1. The van der Waals surface area contributed by atoms with Crippen LogP contribution in [0.1, 0.15) is 25.7 Å². The van der Waals surface area contributed by atoms with Gasteiger partial charge in [0.05, 0.1) is 13.0 Å². The second-order valence-electron chi connectivity index (χ2n) is 4.74. The first kappa shape index (κ1) is 16.2. The summed E-state index contributed by atoms with van der Waals surface area (Å²) in [6.45, 7) is 2.04. The Morgan fingerprint density at radius 1 is 1.47 bits per heavy atom. The van der Waals surface area contributed by atoms with Crippen LogP contribution in [0.25, 0.3) is 0 Å². The van der Waals surface area contributed by atoms with Crippen molar-refractivity contribution in [3.05, 3.63) is 0 Å². The average molecular weight is 282 g/mol. The number of carbonyl (C=O) groups is 1. The first-order valence-electron chi connectivity index (χ1n) is 6.49. The molecule has 0 spiro atoms. The highest BCUT2D eigenvalue weighted by Crippen LogP contribution is 2.22. The van der Waals surface area contributed by atoms with Crippen molar-refractivity contribution in [2.24, 2.45) is 0 Å². The van der Waals surface area contributed by atoms with Crippen LogP contribution in [0.4, 0.5) is 13.2 Å². The molecule has 1 heterocycles. The van der Waals surface area contributed by atoms with Crippen molar-refractivity contribution in [3.8, 4) is 0 Å². The summed E-state index contributed by atoms with van der Waals surface area (Å²) in [6, 6.07) is 0.187. The van der Waals surface area contributed by atoms with Gasteiger partial charge >= 0.3 is 6.18 Å². The molecule has 0 aromatic carbocycles. The molecule has 1 aliphatic rings. The molecule has 4 nitrogen and oxygen atoms in total. The number of nitrogens with zero attached hydrogens (tertiary/aromatic N) is 1. The van der Waals surface area contributed by atoms with Crippen LogP contribution in [0, 0.1) is 0 Å². The number of rotatable bonds is 7.